The van der Waals surface area contributed by atoms with Gasteiger partial charge in [0.15, 0.2) is 5.82 Å². The molecule has 0 atom stereocenters. The van der Waals surface area contributed by atoms with E-state index < -0.39 is 17.8 Å². The Morgan fingerprint density at radius 3 is 2.79 bits per heavy atom. The van der Waals surface area contributed by atoms with Gasteiger partial charge in [-0.1, -0.05) is 18.2 Å². The van der Waals surface area contributed by atoms with Crippen molar-refractivity contribution in [1.29, 1.82) is 0 Å². The van der Waals surface area contributed by atoms with Crippen LogP contribution in [0.2, 0.25) is 0 Å². The lowest BCUT2D eigenvalue weighted by atomic mass is 10.1. The van der Waals surface area contributed by atoms with E-state index in [0.29, 0.717) is 22.4 Å². The number of aryl methyl sites for hydroxylation is 1. The number of nitrogens with one attached hydrogen (secondary N) is 1. The molecule has 0 spiro atoms. The highest BCUT2D eigenvalue weighted by Gasteiger charge is 2.16. The van der Waals surface area contributed by atoms with Gasteiger partial charge in [0.2, 0.25) is 0 Å². The smallest absolute Gasteiger partial charge is 0.266 e. The highest BCUT2D eigenvalue weighted by Crippen LogP contribution is 2.27. The minimum atomic E-state index is -2.86. The van der Waals surface area contributed by atoms with Crippen LogP contribution in [0.15, 0.2) is 34.9 Å². The molecule has 1 aromatic carbocycles. The van der Waals surface area contributed by atoms with E-state index in [4.69, 9.17) is 0 Å². The number of aromatic nitrogens is 3. The summed E-state index contributed by atoms with van der Waals surface area (Å²) in [6, 6.07) is 5.74. The zero-order chi connectivity index (χ0) is 17.3. The third kappa shape index (κ3) is 3.19. The Morgan fingerprint density at radius 2 is 2.04 bits per heavy atom. The summed E-state index contributed by atoms with van der Waals surface area (Å²) in [5.74, 6) is -0.505. The fourth-order valence-corrected chi connectivity index (χ4v) is 2.68. The van der Waals surface area contributed by atoms with Gasteiger partial charge in [-0.15, -0.1) is 5.10 Å². The zero-order valence-electron chi connectivity index (χ0n) is 12.5. The van der Waals surface area contributed by atoms with Crippen LogP contribution in [-0.4, -0.2) is 15.2 Å². The highest BCUT2D eigenvalue weighted by atomic mass is 79.9. The largest absolute Gasteiger partial charge is 0.364 e. The lowest BCUT2D eigenvalue weighted by Gasteiger charge is -2.11. The van der Waals surface area contributed by atoms with E-state index in [1.807, 2.05) is 6.07 Å². The fourth-order valence-electron chi connectivity index (χ4n) is 2.35. The van der Waals surface area contributed by atoms with Gasteiger partial charge in [0.1, 0.15) is 5.82 Å². The summed E-state index contributed by atoms with van der Waals surface area (Å²) in [6.07, 6.45) is -1.21. The number of nitrogens with zero attached hydrogens (tertiary/aromatic N) is 3. The quantitative estimate of drug-likeness (QED) is 0.688. The lowest BCUT2D eigenvalue weighted by Crippen LogP contribution is -2.07. The molecular formula is C16H12BrF3N4. The molecule has 0 amide bonds. The van der Waals surface area contributed by atoms with Crippen LogP contribution < -0.4 is 5.32 Å². The molecule has 124 valence electrons. The number of halogens is 4. The second-order valence-electron chi connectivity index (χ2n) is 5.16. The molecule has 0 aliphatic rings. The molecule has 0 unspecified atom stereocenters. The Kier molecular flexibility index (Phi) is 4.66. The average molecular weight is 397 g/mol. The van der Waals surface area contributed by atoms with Crippen LogP contribution in [0.4, 0.5) is 19.0 Å². The normalized spacial score (nSPS) is 11.2. The molecule has 2 heterocycles. The maximum Gasteiger partial charge on any atom is 0.266 e. The monoisotopic (exact) mass is 396 g/mol. The fraction of sp³-hybridized carbons (Fsp3) is 0.188. The summed E-state index contributed by atoms with van der Waals surface area (Å²) >= 11 is 3.34. The van der Waals surface area contributed by atoms with Crippen LogP contribution in [0, 0.1) is 12.7 Å². The summed E-state index contributed by atoms with van der Waals surface area (Å²) in [6.45, 7) is 1.79. The van der Waals surface area contributed by atoms with Crippen LogP contribution >= 0.6 is 15.9 Å². The van der Waals surface area contributed by atoms with E-state index in [2.05, 4.69) is 36.4 Å². The predicted molar refractivity (Wildman–Crippen MR) is 88.5 cm³/mol. The molecule has 0 bridgehead atoms. The van der Waals surface area contributed by atoms with Gasteiger partial charge >= 0.3 is 0 Å². The number of alkyl halides is 2. The van der Waals surface area contributed by atoms with Crippen LogP contribution in [0.1, 0.15) is 23.2 Å². The second-order valence-corrected chi connectivity index (χ2v) is 6.07. The van der Waals surface area contributed by atoms with E-state index in [9.17, 15) is 13.2 Å². The molecule has 0 saturated heterocycles. The van der Waals surface area contributed by atoms with Gasteiger partial charge in [-0.25, -0.2) is 13.2 Å². The molecule has 1 N–H and O–H groups in total. The van der Waals surface area contributed by atoms with Gasteiger partial charge in [-0.2, -0.15) is 5.10 Å². The molecule has 3 aromatic rings. The molecule has 8 heteroatoms. The number of hydrogen-bond acceptors (Lipinski definition) is 4. The van der Waals surface area contributed by atoms with Crippen molar-refractivity contribution in [1.82, 2.24) is 15.2 Å². The minimum absolute atomic E-state index is 0.00570. The molecule has 0 aliphatic heterocycles. The number of rotatable bonds is 4. The van der Waals surface area contributed by atoms with E-state index in [1.165, 1.54) is 12.1 Å². The highest BCUT2D eigenvalue weighted by molar-refractivity contribution is 9.10. The van der Waals surface area contributed by atoms with Crippen LogP contribution in [0.25, 0.3) is 10.9 Å². The van der Waals surface area contributed by atoms with E-state index >= 15 is 0 Å². The number of hydrogen-bond donors (Lipinski definition) is 1. The Labute approximate surface area is 144 Å². The maximum absolute atomic E-state index is 14.1. The van der Waals surface area contributed by atoms with Gasteiger partial charge < -0.3 is 5.32 Å². The van der Waals surface area contributed by atoms with Crippen molar-refractivity contribution < 1.29 is 13.2 Å². The third-order valence-electron chi connectivity index (χ3n) is 3.54. The van der Waals surface area contributed by atoms with Gasteiger partial charge in [-0.3, -0.25) is 4.98 Å². The van der Waals surface area contributed by atoms with Crippen LogP contribution in [0.3, 0.4) is 0 Å². The standard InChI is InChI=1S/C16H12BrF3N4/c1-8-14-12(5-10(17)7-21-14)16(24-23-8)22-6-9-3-2-4-11(13(9)18)15(19)20/h2-5,7,15H,6H2,1H3,(H,22,24). The molecule has 0 radical (unpaired) electrons. The van der Waals surface area contributed by atoms with Crippen molar-refractivity contribution in [2.24, 2.45) is 0 Å². The Balaban J connectivity index is 1.93. The lowest BCUT2D eigenvalue weighted by molar-refractivity contribution is 0.146. The van der Waals surface area contributed by atoms with Crippen molar-refractivity contribution in [3.05, 3.63) is 57.6 Å². The number of anilines is 1. The second kappa shape index (κ2) is 6.72. The van der Waals surface area contributed by atoms with Gasteiger partial charge in [-0.05, 0) is 28.9 Å². The topological polar surface area (TPSA) is 50.7 Å². The van der Waals surface area contributed by atoms with Crippen molar-refractivity contribution in [3.63, 3.8) is 0 Å². The molecule has 24 heavy (non-hydrogen) atoms. The first-order valence-corrected chi connectivity index (χ1v) is 7.84. The van der Waals surface area contributed by atoms with Gasteiger partial charge in [0.05, 0.1) is 16.8 Å². The number of pyridine rings is 1. The first-order valence-electron chi connectivity index (χ1n) is 7.05. The molecule has 0 aliphatic carbocycles. The first kappa shape index (κ1) is 16.6. The summed E-state index contributed by atoms with van der Waals surface area (Å²) in [4.78, 5) is 4.29. The van der Waals surface area contributed by atoms with Crippen molar-refractivity contribution >= 4 is 32.7 Å². The first-order chi connectivity index (χ1) is 11.5. The predicted octanol–water partition coefficient (Wildman–Crippen LogP) is 4.78. The Bertz CT molecular complexity index is 902. The molecule has 0 fully saturated rings. The summed E-state index contributed by atoms with van der Waals surface area (Å²) < 4.78 is 40.4. The van der Waals surface area contributed by atoms with Gasteiger partial charge in [0, 0.05) is 28.2 Å². The Morgan fingerprint density at radius 1 is 1.25 bits per heavy atom. The SMILES string of the molecule is Cc1nnc(NCc2cccc(C(F)F)c2F)c2cc(Br)cnc12. The summed E-state index contributed by atoms with van der Waals surface area (Å²) in [5.41, 5.74) is 0.844. The zero-order valence-corrected chi connectivity index (χ0v) is 14.1. The summed E-state index contributed by atoms with van der Waals surface area (Å²) in [5, 5.41) is 11.7. The van der Waals surface area contributed by atoms with Gasteiger partial charge in [0.25, 0.3) is 6.43 Å². The van der Waals surface area contributed by atoms with E-state index in [-0.39, 0.29) is 12.1 Å². The van der Waals surface area contributed by atoms with E-state index in [0.717, 1.165) is 10.5 Å². The molecule has 3 rings (SSSR count). The molecular weight excluding hydrogens is 385 g/mol. The number of fused-ring (bicyclic) bond motifs is 1. The van der Waals surface area contributed by atoms with E-state index in [1.54, 1.807) is 13.1 Å². The third-order valence-corrected chi connectivity index (χ3v) is 3.98. The number of benzene rings is 1. The minimum Gasteiger partial charge on any atom is -0.364 e. The van der Waals surface area contributed by atoms with Crippen molar-refractivity contribution in [3.8, 4) is 0 Å². The summed E-state index contributed by atoms with van der Waals surface area (Å²) in [7, 11) is 0. The molecule has 2 aromatic heterocycles. The van der Waals surface area contributed by atoms with Crippen LogP contribution in [0.5, 0.6) is 0 Å². The molecule has 4 nitrogen and oxygen atoms in total. The molecule has 0 saturated carbocycles. The maximum atomic E-state index is 14.1. The van der Waals surface area contributed by atoms with Crippen LogP contribution in [-0.2, 0) is 6.54 Å². The average Bonchev–Trinajstić information content (AvgIpc) is 2.55. The Hall–Kier alpha value is -2.22. The van der Waals surface area contributed by atoms with Crippen molar-refractivity contribution in [2.75, 3.05) is 5.32 Å². The van der Waals surface area contributed by atoms with Crippen molar-refractivity contribution in [2.45, 2.75) is 19.9 Å².